The van der Waals surface area contributed by atoms with Gasteiger partial charge < -0.3 is 4.48 Å². The van der Waals surface area contributed by atoms with E-state index in [1.165, 1.54) is 0 Å². The van der Waals surface area contributed by atoms with Crippen molar-refractivity contribution >= 4 is 5.91 Å². The maximum Gasteiger partial charge on any atom is 0.368 e. The van der Waals surface area contributed by atoms with Gasteiger partial charge in [0.05, 0.1) is 28.2 Å². The molecule has 0 radical (unpaired) electrons. The summed E-state index contributed by atoms with van der Waals surface area (Å²) in [6, 6.07) is 0. The number of likely N-dealkylation sites (N-methyl/N-ethyl adjacent to an activating group) is 2. The van der Waals surface area contributed by atoms with Crippen LogP contribution in [0.3, 0.4) is 0 Å². The van der Waals surface area contributed by atoms with Crippen LogP contribution in [0.2, 0.25) is 0 Å². The number of hydrogen-bond acceptors (Lipinski definition) is 1. The molecule has 3 heteroatoms. The van der Waals surface area contributed by atoms with E-state index in [2.05, 4.69) is 14.1 Å². The summed E-state index contributed by atoms with van der Waals surface area (Å²) in [5, 5.41) is 0. The van der Waals surface area contributed by atoms with Gasteiger partial charge in [0.1, 0.15) is 13.1 Å². The van der Waals surface area contributed by atoms with Crippen LogP contribution in [0.4, 0.5) is 0 Å². The highest BCUT2D eigenvalue weighted by atomic mass is 16.2. The van der Waals surface area contributed by atoms with Crippen LogP contribution in [0.15, 0.2) is 0 Å². The molecular weight excluding hydrogens is 140 g/mol. The van der Waals surface area contributed by atoms with Gasteiger partial charge in [-0.15, -0.1) is 0 Å². The Kier molecular flexibility index (Phi) is 1.81. The lowest BCUT2D eigenvalue weighted by atomic mass is 10.2. The van der Waals surface area contributed by atoms with Gasteiger partial charge in [-0.25, -0.2) is 4.79 Å². The first-order chi connectivity index (χ1) is 4.83. The Morgan fingerprint density at radius 1 is 1.09 bits per heavy atom. The molecule has 1 amide bonds. The first kappa shape index (κ1) is 8.68. The molecule has 0 aromatic rings. The predicted octanol–water partition coefficient (Wildman–Crippen LogP) is -0.321. The van der Waals surface area contributed by atoms with Gasteiger partial charge in [-0.1, -0.05) is 0 Å². The Bertz CT molecular complexity index is 185. The van der Waals surface area contributed by atoms with Gasteiger partial charge >= 0.3 is 5.91 Å². The summed E-state index contributed by atoms with van der Waals surface area (Å²) >= 11 is 0. The Morgan fingerprint density at radius 2 is 1.64 bits per heavy atom. The SMILES string of the molecule is C[N+]1(C)CC[N+](C)(C)C(=O)C1. The molecule has 0 N–H and O–H groups in total. The maximum absolute atomic E-state index is 11.5. The topological polar surface area (TPSA) is 17.1 Å². The van der Waals surface area contributed by atoms with E-state index in [9.17, 15) is 4.79 Å². The van der Waals surface area contributed by atoms with E-state index >= 15 is 0 Å². The summed E-state index contributed by atoms with van der Waals surface area (Å²) in [5.74, 6) is 0.348. The lowest BCUT2D eigenvalue weighted by Crippen LogP contribution is -2.64. The fourth-order valence-electron chi connectivity index (χ4n) is 1.28. The Hall–Kier alpha value is -0.410. The second-order valence-electron chi connectivity index (χ2n) is 4.62. The molecule has 11 heavy (non-hydrogen) atoms. The Balaban J connectivity index is 2.71. The molecule has 1 fully saturated rings. The van der Waals surface area contributed by atoms with E-state index in [4.69, 9.17) is 0 Å². The van der Waals surface area contributed by atoms with E-state index in [1.54, 1.807) is 0 Å². The first-order valence-corrected chi connectivity index (χ1v) is 4.02. The summed E-state index contributed by atoms with van der Waals surface area (Å²) < 4.78 is 1.40. The number of carbonyl (C=O) groups is 1. The summed E-state index contributed by atoms with van der Waals surface area (Å²) in [6.07, 6.45) is 0. The van der Waals surface area contributed by atoms with Crippen molar-refractivity contribution in [2.24, 2.45) is 0 Å². The van der Waals surface area contributed by atoms with Crippen LogP contribution in [0.25, 0.3) is 0 Å². The van der Waals surface area contributed by atoms with Crippen molar-refractivity contribution in [1.29, 1.82) is 0 Å². The average molecular weight is 158 g/mol. The third-order valence-corrected chi connectivity index (χ3v) is 2.50. The zero-order valence-corrected chi connectivity index (χ0v) is 7.92. The second-order valence-corrected chi connectivity index (χ2v) is 4.62. The van der Waals surface area contributed by atoms with E-state index < -0.39 is 0 Å². The van der Waals surface area contributed by atoms with Crippen LogP contribution >= 0.6 is 0 Å². The molecule has 1 rings (SSSR count). The molecule has 1 aliphatic rings. The van der Waals surface area contributed by atoms with Gasteiger partial charge in [-0.2, -0.15) is 0 Å². The minimum Gasteiger partial charge on any atom is -0.313 e. The fraction of sp³-hybridized carbons (Fsp3) is 0.875. The van der Waals surface area contributed by atoms with E-state index in [1.807, 2.05) is 14.1 Å². The summed E-state index contributed by atoms with van der Waals surface area (Å²) in [7, 11) is 8.19. The fourth-order valence-corrected chi connectivity index (χ4v) is 1.28. The van der Waals surface area contributed by atoms with Gasteiger partial charge in [0.2, 0.25) is 0 Å². The van der Waals surface area contributed by atoms with Crippen LogP contribution in [-0.2, 0) is 4.79 Å². The van der Waals surface area contributed by atoms with Crippen molar-refractivity contribution < 1.29 is 13.8 Å². The Labute approximate surface area is 68.4 Å². The van der Waals surface area contributed by atoms with Gasteiger partial charge in [0.15, 0.2) is 6.54 Å². The highest BCUT2D eigenvalue weighted by Gasteiger charge is 2.39. The molecule has 0 bridgehead atoms. The minimum atomic E-state index is 0.348. The summed E-state index contributed by atoms with van der Waals surface area (Å²) in [5.41, 5.74) is 0. The van der Waals surface area contributed by atoms with Crippen LogP contribution < -0.4 is 0 Å². The standard InChI is InChI=1S/C8H18N2O/c1-9(2)5-6-10(3,4)8(11)7-9/h5-7H2,1-4H3/q+2. The van der Waals surface area contributed by atoms with E-state index in [0.717, 1.165) is 17.6 Å². The number of rotatable bonds is 0. The Morgan fingerprint density at radius 3 is 2.00 bits per heavy atom. The van der Waals surface area contributed by atoms with Crippen molar-refractivity contribution in [3.8, 4) is 0 Å². The molecule has 1 saturated heterocycles. The summed E-state index contributed by atoms with van der Waals surface area (Å²) in [6.45, 7) is 2.73. The van der Waals surface area contributed by atoms with Crippen molar-refractivity contribution in [2.75, 3.05) is 47.8 Å². The van der Waals surface area contributed by atoms with Gasteiger partial charge in [-0.3, -0.25) is 4.48 Å². The van der Waals surface area contributed by atoms with Crippen molar-refractivity contribution in [3.05, 3.63) is 0 Å². The smallest absolute Gasteiger partial charge is 0.313 e. The molecule has 1 heterocycles. The zero-order valence-electron chi connectivity index (χ0n) is 7.92. The first-order valence-electron chi connectivity index (χ1n) is 4.02. The number of piperazine rings is 1. The molecule has 0 aromatic carbocycles. The van der Waals surface area contributed by atoms with Crippen molar-refractivity contribution in [2.45, 2.75) is 0 Å². The lowest BCUT2D eigenvalue weighted by molar-refractivity contribution is -0.948. The van der Waals surface area contributed by atoms with Crippen LogP contribution in [0.1, 0.15) is 0 Å². The van der Waals surface area contributed by atoms with E-state index in [0.29, 0.717) is 16.9 Å². The van der Waals surface area contributed by atoms with Gasteiger partial charge in [0.25, 0.3) is 0 Å². The van der Waals surface area contributed by atoms with Crippen LogP contribution in [0, 0.1) is 0 Å². The largest absolute Gasteiger partial charge is 0.368 e. The average Bonchev–Trinajstić information content (AvgIpc) is 1.81. The van der Waals surface area contributed by atoms with Crippen molar-refractivity contribution in [3.63, 3.8) is 0 Å². The quantitative estimate of drug-likeness (QED) is 0.442. The van der Waals surface area contributed by atoms with Crippen molar-refractivity contribution in [1.82, 2.24) is 0 Å². The number of nitrogens with zero attached hydrogens (tertiary/aromatic N) is 2. The molecule has 0 aliphatic carbocycles. The molecule has 0 unspecified atom stereocenters. The molecule has 64 valence electrons. The van der Waals surface area contributed by atoms with Gasteiger partial charge in [-0.05, 0) is 0 Å². The second kappa shape index (κ2) is 2.29. The predicted molar refractivity (Wildman–Crippen MR) is 43.8 cm³/mol. The number of carbonyl (C=O) groups excluding carboxylic acids is 1. The van der Waals surface area contributed by atoms with Crippen LogP contribution in [0.5, 0.6) is 0 Å². The molecule has 0 aromatic heterocycles. The van der Waals surface area contributed by atoms with Gasteiger partial charge in [0, 0.05) is 0 Å². The summed E-state index contributed by atoms with van der Waals surface area (Å²) in [4.78, 5) is 11.5. The normalized spacial score (nSPS) is 28.5. The third kappa shape index (κ3) is 1.79. The third-order valence-electron chi connectivity index (χ3n) is 2.50. The zero-order chi connectivity index (χ0) is 8.70. The molecule has 0 saturated carbocycles. The minimum absolute atomic E-state index is 0.348. The van der Waals surface area contributed by atoms with Crippen LogP contribution in [-0.4, -0.2) is 62.7 Å². The maximum atomic E-state index is 11.5. The highest BCUT2D eigenvalue weighted by molar-refractivity contribution is 5.70. The molecule has 0 spiro atoms. The monoisotopic (exact) mass is 158 g/mol. The number of amides is 1. The lowest BCUT2D eigenvalue weighted by Gasteiger charge is -2.39. The molecule has 3 nitrogen and oxygen atoms in total. The molecular formula is C8H18N2O+2. The van der Waals surface area contributed by atoms with E-state index in [-0.39, 0.29) is 0 Å². The highest BCUT2D eigenvalue weighted by Crippen LogP contribution is 2.11. The number of hydrogen-bond donors (Lipinski definition) is 0. The number of quaternary nitrogens is 2. The molecule has 1 aliphatic heterocycles. The molecule has 0 atom stereocenters.